The normalized spacial score (nSPS) is 12.9. The van der Waals surface area contributed by atoms with E-state index in [2.05, 4.69) is 22.3 Å². The largest absolute Gasteiger partial charge is 0.494 e. The summed E-state index contributed by atoms with van der Waals surface area (Å²) in [5.74, 6) is 0.0309. The molecule has 0 saturated carbocycles. The molecule has 2 aromatic carbocycles. The molecular weight excluding hydrogens is 460 g/mol. The van der Waals surface area contributed by atoms with Crippen molar-refractivity contribution in [2.75, 3.05) is 25.6 Å². The third kappa shape index (κ3) is 5.74. The molecule has 174 valence electrons. The summed E-state index contributed by atoms with van der Waals surface area (Å²) in [7, 11) is 1.37. The van der Waals surface area contributed by atoms with Gasteiger partial charge in [0, 0.05) is 30.1 Å². The summed E-state index contributed by atoms with van der Waals surface area (Å²) in [5.41, 5.74) is 3.21. The summed E-state index contributed by atoms with van der Waals surface area (Å²) in [6.07, 6.45) is 0.738. The molecule has 3 aromatic rings. The zero-order chi connectivity index (χ0) is 22.5. The van der Waals surface area contributed by atoms with Crippen LogP contribution in [0.5, 0.6) is 5.75 Å². The van der Waals surface area contributed by atoms with Crippen LogP contribution in [-0.4, -0.2) is 37.0 Å². The quantitative estimate of drug-likeness (QED) is 0.467. The minimum Gasteiger partial charge on any atom is -0.494 e. The molecule has 1 aliphatic heterocycles. The highest BCUT2D eigenvalue weighted by Gasteiger charge is 2.29. The number of fused-ring (bicyclic) bond motifs is 1. The number of carbonyl (C=O) groups excluding carboxylic acids is 2. The van der Waals surface area contributed by atoms with E-state index in [0.717, 1.165) is 36.5 Å². The Morgan fingerprint density at radius 1 is 1.09 bits per heavy atom. The Labute approximate surface area is 203 Å². The lowest BCUT2D eigenvalue weighted by Crippen LogP contribution is -2.29. The minimum absolute atomic E-state index is 0. The first-order valence-corrected chi connectivity index (χ1v) is 11.4. The smallest absolute Gasteiger partial charge is 0.341 e. The SMILES string of the molecule is CCOc1ccc(C(=O)Nc2sc3c(c2C(=O)OC)CCN(Cc2ccccc2)C3)cc1.Cl. The molecule has 0 atom stereocenters. The fraction of sp³-hybridized carbons (Fsp3) is 0.280. The van der Waals surface area contributed by atoms with E-state index in [-0.39, 0.29) is 18.3 Å². The van der Waals surface area contributed by atoms with Gasteiger partial charge in [-0.2, -0.15) is 0 Å². The van der Waals surface area contributed by atoms with Gasteiger partial charge in [-0.1, -0.05) is 30.3 Å². The molecule has 0 unspecified atom stereocenters. The van der Waals surface area contributed by atoms with E-state index >= 15 is 0 Å². The lowest BCUT2D eigenvalue weighted by Gasteiger charge is -2.27. The predicted octanol–water partition coefficient (Wildman–Crippen LogP) is 5.17. The average molecular weight is 487 g/mol. The number of amides is 1. The second-order valence-corrected chi connectivity index (χ2v) is 8.66. The zero-order valence-electron chi connectivity index (χ0n) is 18.6. The number of halogens is 1. The Morgan fingerprint density at radius 2 is 1.82 bits per heavy atom. The van der Waals surface area contributed by atoms with E-state index in [1.54, 1.807) is 24.3 Å². The molecular formula is C25H27ClN2O4S. The summed E-state index contributed by atoms with van der Waals surface area (Å²) in [6, 6.07) is 17.3. The molecule has 4 rings (SSSR count). The van der Waals surface area contributed by atoms with Crippen molar-refractivity contribution in [3.05, 3.63) is 81.7 Å². The van der Waals surface area contributed by atoms with Crippen molar-refractivity contribution in [3.63, 3.8) is 0 Å². The highest BCUT2D eigenvalue weighted by atomic mass is 35.5. The van der Waals surface area contributed by atoms with Crippen molar-refractivity contribution in [1.82, 2.24) is 4.90 Å². The van der Waals surface area contributed by atoms with Gasteiger partial charge in [0.1, 0.15) is 10.8 Å². The number of methoxy groups -OCH3 is 1. The number of benzene rings is 2. The number of esters is 1. The first-order valence-electron chi connectivity index (χ1n) is 10.6. The highest BCUT2D eigenvalue weighted by molar-refractivity contribution is 7.17. The van der Waals surface area contributed by atoms with Gasteiger partial charge >= 0.3 is 5.97 Å². The third-order valence-electron chi connectivity index (χ3n) is 5.43. The second kappa shape index (κ2) is 11.3. The Bertz CT molecular complexity index is 1100. The molecule has 0 radical (unpaired) electrons. The molecule has 0 bridgehead atoms. The molecule has 2 heterocycles. The molecule has 6 nitrogen and oxygen atoms in total. The second-order valence-electron chi connectivity index (χ2n) is 7.56. The van der Waals surface area contributed by atoms with Gasteiger partial charge in [-0.3, -0.25) is 9.69 Å². The van der Waals surface area contributed by atoms with Crippen LogP contribution in [0.2, 0.25) is 0 Å². The monoisotopic (exact) mass is 486 g/mol. The van der Waals surface area contributed by atoms with Gasteiger partial charge in [-0.15, -0.1) is 23.7 Å². The first-order chi connectivity index (χ1) is 15.6. The third-order valence-corrected chi connectivity index (χ3v) is 6.56. The molecule has 33 heavy (non-hydrogen) atoms. The summed E-state index contributed by atoms with van der Waals surface area (Å²) in [4.78, 5) is 28.9. The Kier molecular flexibility index (Phi) is 8.49. The summed E-state index contributed by atoms with van der Waals surface area (Å²) >= 11 is 1.46. The van der Waals surface area contributed by atoms with Crippen LogP contribution < -0.4 is 10.1 Å². The standard InChI is InChI=1S/C25H26N2O4S.ClH/c1-3-31-19-11-9-18(10-12-19)23(28)26-24-22(25(29)30-2)20-13-14-27(16-21(20)32-24)15-17-7-5-4-6-8-17;/h4-12H,3,13-16H2,1-2H3,(H,26,28);1H. The van der Waals surface area contributed by atoms with Gasteiger partial charge in [0.15, 0.2) is 0 Å². The summed E-state index contributed by atoms with van der Waals surface area (Å²) < 4.78 is 10.5. The maximum Gasteiger partial charge on any atom is 0.341 e. The number of nitrogens with zero attached hydrogens (tertiary/aromatic N) is 1. The molecule has 0 aliphatic carbocycles. The van der Waals surface area contributed by atoms with Crippen LogP contribution in [0.3, 0.4) is 0 Å². The molecule has 0 fully saturated rings. The van der Waals surface area contributed by atoms with Gasteiger partial charge < -0.3 is 14.8 Å². The van der Waals surface area contributed by atoms with E-state index in [1.165, 1.54) is 24.0 Å². The van der Waals surface area contributed by atoms with Crippen LogP contribution >= 0.6 is 23.7 Å². The summed E-state index contributed by atoms with van der Waals surface area (Å²) in [5, 5.41) is 3.48. The van der Waals surface area contributed by atoms with Crippen molar-refractivity contribution in [3.8, 4) is 5.75 Å². The summed E-state index contributed by atoms with van der Waals surface area (Å²) in [6.45, 7) is 4.90. The number of hydrogen-bond acceptors (Lipinski definition) is 6. The van der Waals surface area contributed by atoms with Crippen molar-refractivity contribution in [2.24, 2.45) is 0 Å². The van der Waals surface area contributed by atoms with Gasteiger partial charge in [0.25, 0.3) is 5.91 Å². The number of hydrogen-bond donors (Lipinski definition) is 1. The number of rotatable bonds is 7. The minimum atomic E-state index is -0.416. The predicted molar refractivity (Wildman–Crippen MR) is 133 cm³/mol. The van der Waals surface area contributed by atoms with Crippen molar-refractivity contribution in [2.45, 2.75) is 26.4 Å². The number of ether oxygens (including phenoxy) is 2. The topological polar surface area (TPSA) is 67.9 Å². The van der Waals surface area contributed by atoms with Crippen molar-refractivity contribution < 1.29 is 19.1 Å². The molecule has 0 saturated heterocycles. The van der Waals surface area contributed by atoms with Crippen LogP contribution in [0.15, 0.2) is 54.6 Å². The van der Waals surface area contributed by atoms with Gasteiger partial charge in [0.05, 0.1) is 19.3 Å². The average Bonchev–Trinajstić information content (AvgIpc) is 3.17. The van der Waals surface area contributed by atoms with Crippen LogP contribution in [-0.2, 0) is 24.2 Å². The van der Waals surface area contributed by atoms with E-state index < -0.39 is 5.97 Å². The zero-order valence-corrected chi connectivity index (χ0v) is 20.3. The number of thiophene rings is 1. The van der Waals surface area contributed by atoms with Gasteiger partial charge in [-0.25, -0.2) is 4.79 Å². The molecule has 0 spiro atoms. The highest BCUT2D eigenvalue weighted by Crippen LogP contribution is 2.38. The van der Waals surface area contributed by atoms with Crippen LogP contribution in [0.25, 0.3) is 0 Å². The molecule has 1 aromatic heterocycles. The lowest BCUT2D eigenvalue weighted by atomic mass is 10.0. The van der Waals surface area contributed by atoms with E-state index in [4.69, 9.17) is 9.47 Å². The fourth-order valence-corrected chi connectivity index (χ4v) is 5.16. The lowest BCUT2D eigenvalue weighted by molar-refractivity contribution is 0.0600. The Balaban J connectivity index is 0.00000306. The number of anilines is 1. The van der Waals surface area contributed by atoms with Crippen molar-refractivity contribution in [1.29, 1.82) is 0 Å². The number of nitrogens with one attached hydrogen (secondary N) is 1. The van der Waals surface area contributed by atoms with Crippen molar-refractivity contribution >= 4 is 40.6 Å². The van der Waals surface area contributed by atoms with Crippen LogP contribution in [0, 0.1) is 0 Å². The number of carbonyl (C=O) groups is 2. The molecule has 1 aliphatic rings. The van der Waals surface area contributed by atoms with E-state index in [9.17, 15) is 9.59 Å². The molecule has 1 amide bonds. The van der Waals surface area contributed by atoms with E-state index in [0.29, 0.717) is 28.5 Å². The van der Waals surface area contributed by atoms with Crippen LogP contribution in [0.4, 0.5) is 5.00 Å². The maximum absolute atomic E-state index is 12.9. The molecule has 1 N–H and O–H groups in total. The van der Waals surface area contributed by atoms with Crippen LogP contribution in [0.1, 0.15) is 43.6 Å². The van der Waals surface area contributed by atoms with Gasteiger partial charge in [0.2, 0.25) is 0 Å². The molecule has 8 heteroatoms. The first kappa shape index (κ1) is 24.8. The Morgan fingerprint density at radius 3 is 2.48 bits per heavy atom. The Hall–Kier alpha value is -2.87. The fourth-order valence-electron chi connectivity index (χ4n) is 3.88. The van der Waals surface area contributed by atoms with E-state index in [1.807, 2.05) is 25.1 Å². The maximum atomic E-state index is 12.9. The van der Waals surface area contributed by atoms with Gasteiger partial charge in [-0.05, 0) is 48.7 Å².